The van der Waals surface area contributed by atoms with E-state index in [1.54, 1.807) is 0 Å². The summed E-state index contributed by atoms with van der Waals surface area (Å²) in [5.74, 6) is 0. The number of alkyl halides is 3. The molecular formula is C14H17F3N2O2. The van der Waals surface area contributed by atoms with E-state index in [0.717, 1.165) is 17.0 Å². The SMILES string of the molecule is CCN(C)[C@@H]1CCN(C(=O)O)c2ccc(C(F)(F)F)cc21. The maximum absolute atomic E-state index is 12.9. The summed E-state index contributed by atoms with van der Waals surface area (Å²) in [6.45, 7) is 2.87. The summed E-state index contributed by atoms with van der Waals surface area (Å²) in [5.41, 5.74) is 0.0119. The summed E-state index contributed by atoms with van der Waals surface area (Å²) in [6.07, 6.45) is -5.10. The zero-order valence-corrected chi connectivity index (χ0v) is 11.8. The minimum absolute atomic E-state index is 0.206. The van der Waals surface area contributed by atoms with Crippen LogP contribution in [0.5, 0.6) is 0 Å². The van der Waals surface area contributed by atoms with Crippen molar-refractivity contribution >= 4 is 11.8 Å². The maximum Gasteiger partial charge on any atom is 0.416 e. The van der Waals surface area contributed by atoms with Crippen LogP contribution >= 0.6 is 0 Å². The fraction of sp³-hybridized carbons (Fsp3) is 0.500. The Bertz CT molecular complexity index is 546. The van der Waals surface area contributed by atoms with Gasteiger partial charge < -0.3 is 5.11 Å². The quantitative estimate of drug-likeness (QED) is 0.908. The van der Waals surface area contributed by atoms with Crippen LogP contribution in [0.2, 0.25) is 0 Å². The molecule has 2 rings (SSSR count). The van der Waals surface area contributed by atoms with Crippen LogP contribution in [-0.2, 0) is 6.18 Å². The van der Waals surface area contributed by atoms with E-state index in [9.17, 15) is 23.1 Å². The van der Waals surface area contributed by atoms with Crippen LogP contribution in [0.25, 0.3) is 0 Å². The largest absolute Gasteiger partial charge is 0.465 e. The van der Waals surface area contributed by atoms with Crippen molar-refractivity contribution in [3.8, 4) is 0 Å². The molecule has 1 N–H and O–H groups in total. The highest BCUT2D eigenvalue weighted by Crippen LogP contribution is 2.40. The molecule has 0 unspecified atom stereocenters. The van der Waals surface area contributed by atoms with Gasteiger partial charge >= 0.3 is 12.3 Å². The van der Waals surface area contributed by atoms with Crippen molar-refractivity contribution in [2.75, 3.05) is 25.0 Å². The number of fused-ring (bicyclic) bond motifs is 1. The molecule has 21 heavy (non-hydrogen) atoms. The molecule has 1 amide bonds. The average molecular weight is 302 g/mol. The third kappa shape index (κ3) is 2.97. The van der Waals surface area contributed by atoms with Crippen molar-refractivity contribution in [3.63, 3.8) is 0 Å². The fourth-order valence-electron chi connectivity index (χ4n) is 2.65. The Morgan fingerprint density at radius 1 is 1.48 bits per heavy atom. The predicted octanol–water partition coefficient (Wildman–Crippen LogP) is 3.59. The minimum Gasteiger partial charge on any atom is -0.465 e. The topological polar surface area (TPSA) is 43.8 Å². The normalized spacial score (nSPS) is 18.8. The van der Waals surface area contributed by atoms with Crippen molar-refractivity contribution in [1.82, 2.24) is 4.90 Å². The van der Waals surface area contributed by atoms with Gasteiger partial charge in [-0.3, -0.25) is 9.80 Å². The van der Waals surface area contributed by atoms with Gasteiger partial charge in [-0.05, 0) is 43.8 Å². The molecule has 1 aromatic rings. The van der Waals surface area contributed by atoms with E-state index in [1.807, 2.05) is 18.9 Å². The molecule has 0 aromatic heterocycles. The number of amides is 1. The van der Waals surface area contributed by atoms with Crippen molar-refractivity contribution in [2.45, 2.75) is 25.6 Å². The number of carboxylic acid groups (broad SMARTS) is 1. The summed E-state index contributed by atoms with van der Waals surface area (Å²) in [4.78, 5) is 14.3. The first-order valence-corrected chi connectivity index (χ1v) is 6.67. The number of rotatable bonds is 2. The Balaban J connectivity index is 2.53. The molecule has 0 fully saturated rings. The van der Waals surface area contributed by atoms with Crippen LogP contribution in [0, 0.1) is 0 Å². The number of hydrogen-bond acceptors (Lipinski definition) is 2. The van der Waals surface area contributed by atoms with Crippen LogP contribution in [-0.4, -0.2) is 36.2 Å². The molecule has 1 aliphatic rings. The summed E-state index contributed by atoms with van der Waals surface area (Å²) in [7, 11) is 1.82. The number of carbonyl (C=O) groups is 1. The van der Waals surface area contributed by atoms with E-state index >= 15 is 0 Å². The molecule has 7 heteroatoms. The first kappa shape index (κ1) is 15.6. The zero-order valence-electron chi connectivity index (χ0n) is 11.8. The average Bonchev–Trinajstić information content (AvgIpc) is 2.43. The van der Waals surface area contributed by atoms with Gasteiger partial charge in [0.25, 0.3) is 0 Å². The van der Waals surface area contributed by atoms with E-state index in [2.05, 4.69) is 0 Å². The molecule has 0 aliphatic carbocycles. The first-order valence-electron chi connectivity index (χ1n) is 6.67. The van der Waals surface area contributed by atoms with Crippen molar-refractivity contribution < 1.29 is 23.1 Å². The van der Waals surface area contributed by atoms with E-state index < -0.39 is 17.8 Å². The molecule has 1 atom stereocenters. The smallest absolute Gasteiger partial charge is 0.416 e. The highest BCUT2D eigenvalue weighted by atomic mass is 19.4. The Hall–Kier alpha value is -1.76. The number of anilines is 1. The third-order valence-corrected chi connectivity index (χ3v) is 3.89. The highest BCUT2D eigenvalue weighted by Gasteiger charge is 2.35. The Kier molecular flexibility index (Phi) is 4.13. The molecule has 0 saturated carbocycles. The van der Waals surface area contributed by atoms with Crippen molar-refractivity contribution in [3.05, 3.63) is 29.3 Å². The number of nitrogens with zero attached hydrogens (tertiary/aromatic N) is 2. The van der Waals surface area contributed by atoms with E-state index in [0.29, 0.717) is 24.2 Å². The molecule has 4 nitrogen and oxygen atoms in total. The molecule has 116 valence electrons. The van der Waals surface area contributed by atoms with Gasteiger partial charge in [0.1, 0.15) is 0 Å². The molecule has 0 saturated heterocycles. The van der Waals surface area contributed by atoms with Crippen LogP contribution in [0.1, 0.15) is 30.5 Å². The van der Waals surface area contributed by atoms with Gasteiger partial charge in [0, 0.05) is 12.6 Å². The van der Waals surface area contributed by atoms with Crippen LogP contribution in [0.15, 0.2) is 18.2 Å². The van der Waals surface area contributed by atoms with E-state index in [1.165, 1.54) is 6.07 Å². The molecule has 1 aliphatic heterocycles. The van der Waals surface area contributed by atoms with Crippen molar-refractivity contribution in [2.24, 2.45) is 0 Å². The van der Waals surface area contributed by atoms with Crippen LogP contribution < -0.4 is 4.90 Å². The van der Waals surface area contributed by atoms with E-state index in [-0.39, 0.29) is 12.6 Å². The molecular weight excluding hydrogens is 285 g/mol. The molecule has 0 bridgehead atoms. The van der Waals surface area contributed by atoms with Crippen LogP contribution in [0.3, 0.4) is 0 Å². The molecule has 1 aromatic carbocycles. The lowest BCUT2D eigenvalue weighted by atomic mass is 9.93. The number of benzene rings is 1. The standard InChI is InChI=1S/C14H17F3N2O2/c1-3-18(2)11-6-7-19(13(20)21)12-5-4-9(8-10(11)12)14(15,16)17/h4-5,8,11H,3,6-7H2,1-2H3,(H,20,21)/t11-/m1/s1. The van der Waals surface area contributed by atoms with Gasteiger partial charge in [0.2, 0.25) is 0 Å². The summed E-state index contributed by atoms with van der Waals surface area (Å²) in [6, 6.07) is 3.05. The van der Waals surface area contributed by atoms with Crippen molar-refractivity contribution in [1.29, 1.82) is 0 Å². The van der Waals surface area contributed by atoms with Gasteiger partial charge in [0.05, 0.1) is 11.3 Å². The second kappa shape index (κ2) is 5.55. The third-order valence-electron chi connectivity index (χ3n) is 3.89. The first-order chi connectivity index (χ1) is 9.75. The number of halogens is 3. The predicted molar refractivity (Wildman–Crippen MR) is 72.5 cm³/mol. The second-order valence-corrected chi connectivity index (χ2v) is 5.08. The Labute approximate surface area is 120 Å². The lowest BCUT2D eigenvalue weighted by Gasteiger charge is -2.37. The van der Waals surface area contributed by atoms with Crippen LogP contribution in [0.4, 0.5) is 23.7 Å². The monoisotopic (exact) mass is 302 g/mol. The summed E-state index contributed by atoms with van der Waals surface area (Å²) < 4.78 is 38.6. The lowest BCUT2D eigenvalue weighted by Crippen LogP contribution is -2.39. The Morgan fingerprint density at radius 2 is 2.14 bits per heavy atom. The van der Waals surface area contributed by atoms with E-state index in [4.69, 9.17) is 0 Å². The Morgan fingerprint density at radius 3 is 2.67 bits per heavy atom. The summed E-state index contributed by atoms with van der Waals surface area (Å²) >= 11 is 0. The molecule has 0 spiro atoms. The molecule has 0 radical (unpaired) electrons. The van der Waals surface area contributed by atoms with Gasteiger partial charge in [-0.25, -0.2) is 4.79 Å². The van der Waals surface area contributed by atoms with Gasteiger partial charge in [-0.15, -0.1) is 0 Å². The van der Waals surface area contributed by atoms with Gasteiger partial charge in [-0.1, -0.05) is 6.92 Å². The highest BCUT2D eigenvalue weighted by molar-refractivity contribution is 5.88. The maximum atomic E-state index is 12.9. The number of hydrogen-bond donors (Lipinski definition) is 1. The van der Waals surface area contributed by atoms with Gasteiger partial charge in [-0.2, -0.15) is 13.2 Å². The minimum atomic E-state index is -4.43. The van der Waals surface area contributed by atoms with Gasteiger partial charge in [0.15, 0.2) is 0 Å². The summed E-state index contributed by atoms with van der Waals surface area (Å²) in [5, 5.41) is 9.19. The lowest BCUT2D eigenvalue weighted by molar-refractivity contribution is -0.137. The second-order valence-electron chi connectivity index (χ2n) is 5.08. The molecule has 1 heterocycles. The fourth-order valence-corrected chi connectivity index (χ4v) is 2.65. The zero-order chi connectivity index (χ0) is 15.8.